The molecule has 0 fully saturated rings. The van der Waals surface area contributed by atoms with Crippen LogP contribution < -0.4 is 10.8 Å². The largest absolute Gasteiger partial charge is 0.468 e. The van der Waals surface area contributed by atoms with E-state index in [1.54, 1.807) is 14.1 Å². The topological polar surface area (TPSA) is 95.1 Å². The fourth-order valence-electron chi connectivity index (χ4n) is 1.27. The molecule has 0 aromatic rings. The number of nitrogens with one attached hydrogen (secondary N) is 2. The number of thiol groups is 2. The third kappa shape index (κ3) is 25.8. The van der Waals surface area contributed by atoms with Crippen molar-refractivity contribution in [2.75, 3.05) is 47.8 Å². The van der Waals surface area contributed by atoms with E-state index in [-0.39, 0.29) is 17.8 Å². The third-order valence-corrected chi connectivity index (χ3v) is 3.94. The summed E-state index contributed by atoms with van der Waals surface area (Å²) in [6.45, 7) is 4.83. The van der Waals surface area contributed by atoms with E-state index >= 15 is 0 Å². The van der Waals surface area contributed by atoms with Crippen LogP contribution in [0.5, 0.6) is 0 Å². The van der Waals surface area contributed by atoms with Gasteiger partial charge in [-0.1, -0.05) is 13.8 Å². The van der Waals surface area contributed by atoms with Gasteiger partial charge in [0.2, 0.25) is 5.91 Å². The summed E-state index contributed by atoms with van der Waals surface area (Å²) >= 11 is 3.36. The SMILES string of the molecule is CNOCCC(SC)C(=O)NC.[3H]SC(C)C.[3H]SC(CCOOC)C(=O)OC. The quantitative estimate of drug-likeness (QED) is 0.110. The molecule has 11 heteroatoms. The van der Waals surface area contributed by atoms with Crippen molar-refractivity contribution in [3.8, 4) is 0 Å². The number of amides is 1. The summed E-state index contributed by atoms with van der Waals surface area (Å²) < 4.78 is 18.0. The monoisotopic (exact) mass is 452 g/mol. The molecule has 0 aromatic carbocycles. The first-order valence-corrected chi connectivity index (χ1v) is 10.5. The number of hydrogen-bond donors (Lipinski definition) is 4. The number of hydrogen-bond acceptors (Lipinski definition) is 10. The Kier molecular flexibility index (Phi) is 23.7. The van der Waals surface area contributed by atoms with Gasteiger partial charge in [0, 0.05) is 14.1 Å². The van der Waals surface area contributed by atoms with Crippen LogP contribution in [0, 0.1) is 0 Å². The molecule has 0 aliphatic rings. The lowest BCUT2D eigenvalue weighted by Crippen LogP contribution is -2.30. The fourth-order valence-corrected chi connectivity index (χ4v) is 2.13. The maximum absolute atomic E-state index is 11.1. The van der Waals surface area contributed by atoms with E-state index in [1.165, 1.54) is 26.0 Å². The Bertz CT molecular complexity index is 359. The lowest BCUT2D eigenvalue weighted by atomic mass is 10.3. The van der Waals surface area contributed by atoms with Crippen molar-refractivity contribution in [1.82, 2.24) is 10.8 Å². The molecule has 0 aromatic heterocycles. The number of methoxy groups -OCH3 is 1. The molecule has 2 N–H and O–H groups in total. The van der Waals surface area contributed by atoms with Crippen molar-refractivity contribution in [2.24, 2.45) is 0 Å². The number of rotatable bonds is 13. The van der Waals surface area contributed by atoms with Gasteiger partial charge in [-0.15, -0.1) is 0 Å². The lowest BCUT2D eigenvalue weighted by molar-refractivity contribution is -0.272. The Labute approximate surface area is 181 Å². The van der Waals surface area contributed by atoms with Crippen LogP contribution in [0.4, 0.5) is 0 Å². The summed E-state index contributed by atoms with van der Waals surface area (Å²) in [4.78, 5) is 35.8. The van der Waals surface area contributed by atoms with Gasteiger partial charge in [0.05, 0.1) is 32.7 Å². The normalized spacial score (nSPS) is 13.0. The number of carbonyl (C=O) groups excluding carboxylic acids is 2. The molecule has 0 bridgehead atoms. The van der Waals surface area contributed by atoms with Crippen LogP contribution in [-0.2, 0) is 28.9 Å². The van der Waals surface area contributed by atoms with Crippen molar-refractivity contribution in [3.05, 3.63) is 0 Å². The Hall–Kier alpha value is -0.170. The van der Waals surface area contributed by atoms with E-state index < -0.39 is 11.2 Å². The third-order valence-electron chi connectivity index (χ3n) is 2.50. The Morgan fingerprint density at radius 3 is 2.15 bits per heavy atom. The molecule has 0 saturated carbocycles. The van der Waals surface area contributed by atoms with E-state index in [1.807, 2.05) is 20.1 Å². The maximum Gasteiger partial charge on any atom is 0.318 e. The summed E-state index contributed by atoms with van der Waals surface area (Å²) in [5, 5.41) is 2.57. The molecule has 0 rings (SSSR count). The summed E-state index contributed by atoms with van der Waals surface area (Å²) in [5.74, 6) is -0.350. The second-order valence-corrected chi connectivity index (χ2v) is 7.57. The van der Waals surface area contributed by atoms with E-state index in [0.717, 1.165) is 19.0 Å². The second kappa shape index (κ2) is 23.9. The molecular formula is C16H36N2O6S3. The van der Waals surface area contributed by atoms with Gasteiger partial charge in [0.15, 0.2) is 0 Å². The number of esters is 1. The Balaban J connectivity index is -0.000000380. The van der Waals surface area contributed by atoms with Crippen LogP contribution in [0.1, 0.15) is 26.7 Å². The van der Waals surface area contributed by atoms with E-state index in [9.17, 15) is 9.59 Å². The molecular weight excluding hydrogens is 412 g/mol. The van der Waals surface area contributed by atoms with Crippen LogP contribution in [-0.4, -0.2) is 77.7 Å². The van der Waals surface area contributed by atoms with Crippen molar-refractivity contribution < 1.29 is 28.9 Å². The van der Waals surface area contributed by atoms with Gasteiger partial charge in [0.1, 0.15) is 7.50 Å². The van der Waals surface area contributed by atoms with Gasteiger partial charge >= 0.3 is 5.97 Å². The number of hydroxylamine groups is 1. The highest BCUT2D eigenvalue weighted by atomic mass is 32.2. The van der Waals surface area contributed by atoms with E-state index in [0.29, 0.717) is 30.8 Å². The van der Waals surface area contributed by atoms with Crippen LogP contribution in [0.15, 0.2) is 0 Å². The smallest absolute Gasteiger partial charge is 0.318 e. The van der Waals surface area contributed by atoms with E-state index in [4.69, 9.17) is 7.09 Å². The number of carbonyl (C=O) groups is 2. The molecule has 0 radical (unpaired) electrons. The molecule has 27 heavy (non-hydrogen) atoms. The van der Waals surface area contributed by atoms with Crippen molar-refractivity contribution in [3.63, 3.8) is 0 Å². The zero-order valence-electron chi connectivity index (χ0n) is 19.2. The molecule has 0 heterocycles. The molecule has 164 valence electrons. The Morgan fingerprint density at radius 1 is 1.15 bits per heavy atom. The summed E-state index contributed by atoms with van der Waals surface area (Å²) in [7, 11) is 6.03. The van der Waals surface area contributed by atoms with Crippen molar-refractivity contribution >= 4 is 48.7 Å². The van der Waals surface area contributed by atoms with Crippen LogP contribution >= 0.6 is 36.8 Å². The highest BCUT2D eigenvalue weighted by molar-refractivity contribution is 7.99. The molecule has 0 saturated heterocycles. The predicted octanol–water partition coefficient (Wildman–Crippen LogP) is 1.76. The van der Waals surface area contributed by atoms with Crippen LogP contribution in [0.2, 0.25) is 0 Å². The lowest BCUT2D eigenvalue weighted by Gasteiger charge is -2.11. The van der Waals surface area contributed by atoms with E-state index in [2.05, 4.69) is 25.3 Å². The maximum atomic E-state index is 11.1. The van der Waals surface area contributed by atoms with Gasteiger partial charge in [-0.2, -0.15) is 36.8 Å². The first-order valence-electron chi connectivity index (χ1n) is 9.11. The molecule has 0 aliphatic carbocycles. The zero-order valence-corrected chi connectivity index (χ0v) is 19.7. The van der Waals surface area contributed by atoms with Crippen LogP contribution in [0.3, 0.4) is 0 Å². The standard InChI is InChI=1S/C7H16N2O2S.C6H12O4S.C3H8S/c1-8-7(10)6(12-3)4-5-11-9-2;1-8-6(7)5(11)3-4-10-9-2;1-3(2)4/h6,9H,4-5H2,1-3H3,(H,8,10);5,11H,3-4H2,1-2H3;3-4H,1-2H3/i/hT2. The number of thioether (sulfide) groups is 1. The van der Waals surface area contributed by atoms with Gasteiger partial charge in [-0.25, -0.2) is 15.3 Å². The summed E-state index contributed by atoms with van der Waals surface area (Å²) in [5.41, 5.74) is 2.56. The summed E-state index contributed by atoms with van der Waals surface area (Å²) in [6.07, 6.45) is 3.05. The van der Waals surface area contributed by atoms with Gasteiger partial charge in [-0.3, -0.25) is 9.59 Å². The van der Waals surface area contributed by atoms with Crippen molar-refractivity contribution in [1.29, 1.82) is 2.25 Å². The first kappa shape index (κ1) is 26.8. The highest BCUT2D eigenvalue weighted by Gasteiger charge is 2.14. The van der Waals surface area contributed by atoms with Crippen LogP contribution in [0.25, 0.3) is 0 Å². The molecule has 1 amide bonds. The molecule has 2 unspecified atom stereocenters. The molecule has 0 spiro atoms. The number of ether oxygens (including phenoxy) is 1. The van der Waals surface area contributed by atoms with Gasteiger partial charge < -0.3 is 14.9 Å². The minimum absolute atomic E-state index is 0.0108. The second-order valence-electron chi connectivity index (χ2n) is 5.02. The fraction of sp³-hybridized carbons (Fsp3) is 0.875. The minimum Gasteiger partial charge on any atom is -0.468 e. The molecule has 8 nitrogen and oxygen atoms in total. The van der Waals surface area contributed by atoms with Gasteiger partial charge in [0.25, 0.3) is 0 Å². The summed E-state index contributed by atoms with van der Waals surface area (Å²) in [6, 6.07) is 0. The minimum atomic E-state index is -0.495. The molecule has 0 aliphatic heterocycles. The first-order chi connectivity index (χ1) is 13.8. The highest BCUT2D eigenvalue weighted by Crippen LogP contribution is 2.10. The predicted molar refractivity (Wildman–Crippen MR) is 117 cm³/mol. The van der Waals surface area contributed by atoms with Gasteiger partial charge in [-0.05, 0) is 24.3 Å². The average Bonchev–Trinajstić information content (AvgIpc) is 2.74. The Morgan fingerprint density at radius 2 is 1.78 bits per heavy atom. The molecule has 2 atom stereocenters. The van der Waals surface area contributed by atoms with Crippen molar-refractivity contribution in [2.45, 2.75) is 42.4 Å². The zero-order chi connectivity index (χ0) is 23.1. The average molecular weight is 453 g/mol.